The maximum Gasteiger partial charge on any atom is 0.191 e. The molecule has 0 amide bonds. The van der Waals surface area contributed by atoms with Gasteiger partial charge in [0.05, 0.1) is 16.9 Å². The van der Waals surface area contributed by atoms with E-state index in [1.807, 2.05) is 30.3 Å². The lowest BCUT2D eigenvalue weighted by Crippen LogP contribution is -2.39. The van der Waals surface area contributed by atoms with Crippen LogP contribution in [0.5, 0.6) is 0 Å². The van der Waals surface area contributed by atoms with Gasteiger partial charge in [-0.2, -0.15) is 0 Å². The van der Waals surface area contributed by atoms with Crippen LogP contribution in [0.25, 0.3) is 0 Å². The molecule has 2 N–H and O–H groups in total. The van der Waals surface area contributed by atoms with Crippen molar-refractivity contribution in [1.82, 2.24) is 10.6 Å². The van der Waals surface area contributed by atoms with Crippen LogP contribution in [0.1, 0.15) is 38.5 Å². The molecule has 1 aromatic carbocycles. The molecule has 1 fully saturated rings. The van der Waals surface area contributed by atoms with Crippen LogP contribution in [0.4, 0.5) is 0 Å². The molecule has 0 radical (unpaired) electrons. The molecule has 1 atom stereocenters. The minimum Gasteiger partial charge on any atom is -0.378 e. The summed E-state index contributed by atoms with van der Waals surface area (Å²) in [6.07, 6.45) is 7.85. The van der Waals surface area contributed by atoms with Gasteiger partial charge in [-0.25, -0.2) is 0 Å². The first-order chi connectivity index (χ1) is 12.3. The fourth-order valence-corrected chi connectivity index (χ4v) is 3.92. The largest absolute Gasteiger partial charge is 0.378 e. The van der Waals surface area contributed by atoms with Crippen LogP contribution >= 0.6 is 0 Å². The summed E-state index contributed by atoms with van der Waals surface area (Å²) in [7, 11) is 0.773. The van der Waals surface area contributed by atoms with Gasteiger partial charge in [0.25, 0.3) is 0 Å². The van der Waals surface area contributed by atoms with E-state index in [0.29, 0.717) is 18.4 Å². The molecule has 25 heavy (non-hydrogen) atoms. The molecule has 0 heterocycles. The number of benzene rings is 1. The van der Waals surface area contributed by atoms with Crippen molar-refractivity contribution in [2.45, 2.75) is 49.5 Å². The SMILES string of the molecule is CN=C(NCCCOC1CCCCC1)NCCS(=O)c1ccccc1. The second-order valence-electron chi connectivity index (χ2n) is 6.27. The van der Waals surface area contributed by atoms with E-state index in [9.17, 15) is 4.21 Å². The van der Waals surface area contributed by atoms with Gasteiger partial charge in [0.15, 0.2) is 5.96 Å². The van der Waals surface area contributed by atoms with E-state index < -0.39 is 10.8 Å². The van der Waals surface area contributed by atoms with E-state index in [1.165, 1.54) is 32.1 Å². The quantitative estimate of drug-likeness (QED) is 0.401. The van der Waals surface area contributed by atoms with Crippen LogP contribution in [-0.2, 0) is 15.5 Å². The molecule has 0 aromatic heterocycles. The van der Waals surface area contributed by atoms with E-state index in [4.69, 9.17) is 4.74 Å². The second-order valence-corrected chi connectivity index (χ2v) is 7.84. The molecule has 1 aromatic rings. The van der Waals surface area contributed by atoms with Gasteiger partial charge in [-0.05, 0) is 31.4 Å². The highest BCUT2D eigenvalue weighted by Gasteiger charge is 2.13. The van der Waals surface area contributed by atoms with Gasteiger partial charge >= 0.3 is 0 Å². The summed E-state index contributed by atoms with van der Waals surface area (Å²) in [4.78, 5) is 5.07. The van der Waals surface area contributed by atoms with Crippen LogP contribution in [0.2, 0.25) is 0 Å². The van der Waals surface area contributed by atoms with Gasteiger partial charge in [0.2, 0.25) is 0 Å². The zero-order valence-electron chi connectivity index (χ0n) is 15.2. The summed E-state index contributed by atoms with van der Waals surface area (Å²) in [6, 6.07) is 9.56. The molecule has 6 heteroatoms. The number of nitrogens with zero attached hydrogens (tertiary/aromatic N) is 1. The van der Waals surface area contributed by atoms with E-state index in [1.54, 1.807) is 7.05 Å². The van der Waals surface area contributed by atoms with Crippen LogP contribution in [0, 0.1) is 0 Å². The number of hydrogen-bond acceptors (Lipinski definition) is 3. The van der Waals surface area contributed by atoms with Crippen molar-refractivity contribution >= 4 is 16.8 Å². The van der Waals surface area contributed by atoms with Gasteiger partial charge in [0.1, 0.15) is 0 Å². The van der Waals surface area contributed by atoms with E-state index in [2.05, 4.69) is 15.6 Å². The molecule has 0 spiro atoms. The maximum atomic E-state index is 12.2. The first-order valence-corrected chi connectivity index (χ1v) is 10.6. The molecular weight excluding hydrogens is 334 g/mol. The van der Waals surface area contributed by atoms with E-state index in [-0.39, 0.29) is 0 Å². The molecule has 0 aliphatic heterocycles. The van der Waals surface area contributed by atoms with Crippen molar-refractivity contribution in [3.8, 4) is 0 Å². The smallest absolute Gasteiger partial charge is 0.191 e. The summed E-state index contributed by atoms with van der Waals surface area (Å²) in [5, 5.41) is 6.50. The molecule has 1 aliphatic carbocycles. The molecule has 1 saturated carbocycles. The van der Waals surface area contributed by atoms with Crippen molar-refractivity contribution in [2.24, 2.45) is 4.99 Å². The fraction of sp³-hybridized carbons (Fsp3) is 0.632. The standard InChI is InChI=1S/C19H31N3O2S/c1-20-19(21-13-8-15-24-17-9-4-2-5-10-17)22-14-16-25(23)18-11-6-3-7-12-18/h3,6-7,11-12,17H,2,4-5,8-10,13-16H2,1H3,(H2,20,21,22). The first-order valence-electron chi connectivity index (χ1n) is 9.29. The summed E-state index contributed by atoms with van der Waals surface area (Å²) >= 11 is 0. The number of hydrogen-bond donors (Lipinski definition) is 2. The monoisotopic (exact) mass is 365 g/mol. The highest BCUT2D eigenvalue weighted by molar-refractivity contribution is 7.85. The number of nitrogens with one attached hydrogen (secondary N) is 2. The Morgan fingerprint density at radius 1 is 1.16 bits per heavy atom. The Labute approximate surface area is 154 Å². The Morgan fingerprint density at radius 3 is 2.60 bits per heavy atom. The Hall–Kier alpha value is -1.40. The molecule has 140 valence electrons. The minimum absolute atomic E-state index is 0.471. The highest BCUT2D eigenvalue weighted by Crippen LogP contribution is 2.20. The van der Waals surface area contributed by atoms with Crippen LogP contribution in [-0.4, -0.2) is 48.8 Å². The third-order valence-electron chi connectivity index (χ3n) is 4.33. The fourth-order valence-electron chi connectivity index (χ4n) is 2.93. The zero-order chi connectivity index (χ0) is 17.7. The van der Waals surface area contributed by atoms with Gasteiger partial charge in [0, 0.05) is 37.4 Å². The Balaban J connectivity index is 1.53. The molecule has 0 bridgehead atoms. The Bertz CT molecular complexity index is 531. The van der Waals surface area contributed by atoms with Crippen molar-refractivity contribution < 1.29 is 8.95 Å². The summed E-state index contributed by atoms with van der Waals surface area (Å²) in [6.45, 7) is 2.25. The van der Waals surface area contributed by atoms with Crippen molar-refractivity contribution in [2.75, 3.05) is 32.5 Å². The Morgan fingerprint density at radius 2 is 1.88 bits per heavy atom. The minimum atomic E-state index is -0.979. The number of rotatable bonds is 9. The lowest BCUT2D eigenvalue weighted by atomic mass is 9.98. The summed E-state index contributed by atoms with van der Waals surface area (Å²) < 4.78 is 18.1. The van der Waals surface area contributed by atoms with Crippen molar-refractivity contribution in [3.05, 3.63) is 30.3 Å². The molecule has 2 rings (SSSR count). The highest BCUT2D eigenvalue weighted by atomic mass is 32.2. The lowest BCUT2D eigenvalue weighted by Gasteiger charge is -2.22. The zero-order valence-corrected chi connectivity index (χ0v) is 16.0. The van der Waals surface area contributed by atoms with Gasteiger partial charge < -0.3 is 15.4 Å². The predicted molar refractivity (Wildman–Crippen MR) is 105 cm³/mol. The van der Waals surface area contributed by atoms with Gasteiger partial charge in [-0.1, -0.05) is 37.5 Å². The maximum absolute atomic E-state index is 12.2. The summed E-state index contributed by atoms with van der Waals surface area (Å²) in [5.74, 6) is 1.32. The average molecular weight is 366 g/mol. The van der Waals surface area contributed by atoms with Gasteiger partial charge in [-0.15, -0.1) is 0 Å². The van der Waals surface area contributed by atoms with Crippen LogP contribution in [0.3, 0.4) is 0 Å². The lowest BCUT2D eigenvalue weighted by molar-refractivity contribution is 0.0277. The number of guanidine groups is 1. The number of aliphatic imine (C=N–C) groups is 1. The van der Waals surface area contributed by atoms with E-state index in [0.717, 1.165) is 30.4 Å². The third kappa shape index (κ3) is 8.01. The summed E-state index contributed by atoms with van der Waals surface area (Å²) in [5.41, 5.74) is 0. The van der Waals surface area contributed by atoms with Crippen molar-refractivity contribution in [1.29, 1.82) is 0 Å². The van der Waals surface area contributed by atoms with Crippen molar-refractivity contribution in [3.63, 3.8) is 0 Å². The topological polar surface area (TPSA) is 62.7 Å². The average Bonchev–Trinajstić information content (AvgIpc) is 2.67. The molecular formula is C19H31N3O2S. The van der Waals surface area contributed by atoms with Crippen LogP contribution in [0.15, 0.2) is 40.2 Å². The Kier molecular flexibility index (Phi) is 9.59. The van der Waals surface area contributed by atoms with Gasteiger partial charge in [-0.3, -0.25) is 9.20 Å². The second kappa shape index (κ2) is 12.0. The molecule has 1 unspecified atom stereocenters. The molecule has 1 aliphatic rings. The van der Waals surface area contributed by atoms with Crippen LogP contribution < -0.4 is 10.6 Å². The predicted octanol–water partition coefficient (Wildman–Crippen LogP) is 2.70. The molecule has 0 saturated heterocycles. The first kappa shape index (κ1) is 19.9. The number of ether oxygens (including phenoxy) is 1. The normalized spacial score (nSPS) is 17.2. The molecule has 5 nitrogen and oxygen atoms in total. The third-order valence-corrected chi connectivity index (χ3v) is 5.70. The van der Waals surface area contributed by atoms with E-state index >= 15 is 0 Å².